The normalized spacial score (nSPS) is 12.2. The fourth-order valence-corrected chi connectivity index (χ4v) is 3.78. The number of amides is 1. The van der Waals surface area contributed by atoms with Crippen LogP contribution in [0.1, 0.15) is 13.3 Å². The topological polar surface area (TPSA) is 99.2 Å². The minimum absolute atomic E-state index is 0.0832. The van der Waals surface area contributed by atoms with Crippen molar-refractivity contribution in [3.8, 4) is 5.69 Å². The Hall–Kier alpha value is -2.34. The van der Waals surface area contributed by atoms with Gasteiger partial charge >= 0.3 is 6.18 Å². The van der Waals surface area contributed by atoms with Gasteiger partial charge in [0.05, 0.1) is 11.9 Å². The second-order valence-electron chi connectivity index (χ2n) is 5.77. The second-order valence-corrected chi connectivity index (χ2v) is 8.31. The Labute approximate surface area is 163 Å². The second kappa shape index (κ2) is 8.35. The molecule has 2 heterocycles. The van der Waals surface area contributed by atoms with Crippen molar-refractivity contribution in [2.75, 3.05) is 23.0 Å². The number of rotatable bonds is 7. The van der Waals surface area contributed by atoms with Gasteiger partial charge in [-0.2, -0.15) is 23.0 Å². The van der Waals surface area contributed by atoms with Crippen molar-refractivity contribution in [3.63, 3.8) is 0 Å². The number of pyridine rings is 1. The lowest BCUT2D eigenvalue weighted by atomic mass is 10.3. The van der Waals surface area contributed by atoms with E-state index in [2.05, 4.69) is 5.10 Å². The van der Waals surface area contributed by atoms with E-state index in [1.807, 2.05) is 0 Å². The molecule has 0 fully saturated rings. The fourth-order valence-electron chi connectivity index (χ4n) is 2.42. The van der Waals surface area contributed by atoms with Gasteiger partial charge in [-0.3, -0.25) is 4.79 Å². The first-order valence-corrected chi connectivity index (χ1v) is 10.1. The molecule has 0 aliphatic carbocycles. The van der Waals surface area contributed by atoms with E-state index in [0.717, 1.165) is 4.90 Å². The Morgan fingerprint density at radius 3 is 2.68 bits per heavy atom. The molecule has 0 saturated heterocycles. The molecule has 0 aromatic carbocycles. The molecular weight excluding hydrogens is 425 g/mol. The number of anilines is 1. The van der Waals surface area contributed by atoms with Crippen LogP contribution in [-0.4, -0.2) is 48.3 Å². The minimum Gasteiger partial charge on any atom is -0.619 e. The molecule has 0 bridgehead atoms. The number of aromatic nitrogens is 3. The van der Waals surface area contributed by atoms with Crippen molar-refractivity contribution in [2.24, 2.45) is 0 Å². The van der Waals surface area contributed by atoms with Crippen LogP contribution >= 0.6 is 11.6 Å². The predicted molar refractivity (Wildman–Crippen MR) is 94.9 cm³/mol. The largest absolute Gasteiger partial charge is 0.619 e. The fraction of sp³-hybridized carbons (Fsp3) is 0.400. The van der Waals surface area contributed by atoms with Gasteiger partial charge in [-0.15, -0.1) is 0 Å². The van der Waals surface area contributed by atoms with E-state index in [9.17, 15) is 31.6 Å². The third-order valence-electron chi connectivity index (χ3n) is 3.59. The molecule has 0 aliphatic rings. The molecule has 0 N–H and O–H groups in total. The molecule has 2 aromatic rings. The van der Waals surface area contributed by atoms with E-state index in [4.69, 9.17) is 11.6 Å². The number of halogens is 4. The lowest BCUT2D eigenvalue weighted by Gasteiger charge is -2.19. The molecule has 0 radical (unpaired) electrons. The zero-order valence-electron chi connectivity index (χ0n) is 14.6. The standard InChI is InChI=1S/C15H16ClF3N4O4S/c1-2-22(13(24)5-7-28(26,27)10-15(17,18)19)12-9-23(20-14(12)16)11-4-3-6-21(25)8-11/h3-4,6,8-9H,2,5,7,10H2,1H3. The van der Waals surface area contributed by atoms with Crippen LogP contribution in [0.15, 0.2) is 30.7 Å². The van der Waals surface area contributed by atoms with E-state index >= 15 is 0 Å². The molecule has 13 heteroatoms. The van der Waals surface area contributed by atoms with E-state index in [1.54, 1.807) is 13.0 Å². The Morgan fingerprint density at radius 1 is 1.43 bits per heavy atom. The van der Waals surface area contributed by atoms with Crippen LogP contribution in [0.4, 0.5) is 18.9 Å². The number of carbonyl (C=O) groups is 1. The molecule has 0 unspecified atom stereocenters. The number of carbonyl (C=O) groups excluding carboxylic acids is 1. The molecule has 2 rings (SSSR count). The summed E-state index contributed by atoms with van der Waals surface area (Å²) in [4.78, 5) is 13.5. The van der Waals surface area contributed by atoms with Gasteiger partial charge in [-0.25, -0.2) is 13.1 Å². The zero-order chi connectivity index (χ0) is 21.1. The highest BCUT2D eigenvalue weighted by Crippen LogP contribution is 2.26. The SMILES string of the molecule is CCN(C(=O)CCS(=O)(=O)CC(F)(F)F)c1cn(-c2ccc[n+]([O-])c2)nc1Cl. The summed E-state index contributed by atoms with van der Waals surface area (Å²) >= 11 is 6.05. The summed E-state index contributed by atoms with van der Waals surface area (Å²) in [6.45, 7) is 1.67. The van der Waals surface area contributed by atoms with Gasteiger partial charge in [0.25, 0.3) is 0 Å². The maximum absolute atomic E-state index is 12.4. The van der Waals surface area contributed by atoms with Gasteiger partial charge in [0.1, 0.15) is 17.1 Å². The summed E-state index contributed by atoms with van der Waals surface area (Å²) in [6, 6.07) is 3.05. The summed E-state index contributed by atoms with van der Waals surface area (Å²) < 4.78 is 61.7. The minimum atomic E-state index is -4.87. The third-order valence-corrected chi connectivity index (χ3v) is 5.46. The number of hydrogen-bond donors (Lipinski definition) is 0. The molecule has 0 aliphatic heterocycles. The zero-order valence-corrected chi connectivity index (χ0v) is 16.1. The highest BCUT2D eigenvalue weighted by Gasteiger charge is 2.35. The maximum Gasteiger partial charge on any atom is 0.402 e. The molecule has 28 heavy (non-hydrogen) atoms. The van der Waals surface area contributed by atoms with E-state index < -0.39 is 39.8 Å². The van der Waals surface area contributed by atoms with Gasteiger partial charge in [-0.05, 0) is 13.0 Å². The van der Waals surface area contributed by atoms with Crippen LogP contribution < -0.4 is 9.63 Å². The lowest BCUT2D eigenvalue weighted by Crippen LogP contribution is -2.33. The summed E-state index contributed by atoms with van der Waals surface area (Å²) in [7, 11) is -4.47. The van der Waals surface area contributed by atoms with Gasteiger partial charge in [0.15, 0.2) is 21.2 Å². The lowest BCUT2D eigenvalue weighted by molar-refractivity contribution is -0.605. The average molecular weight is 441 g/mol. The Kier molecular flexibility index (Phi) is 6.55. The monoisotopic (exact) mass is 440 g/mol. The number of alkyl halides is 3. The highest BCUT2D eigenvalue weighted by molar-refractivity contribution is 7.91. The molecule has 0 atom stereocenters. The summed E-state index contributed by atoms with van der Waals surface area (Å²) in [6.07, 6.45) is -1.67. The van der Waals surface area contributed by atoms with Crippen molar-refractivity contribution >= 4 is 33.0 Å². The van der Waals surface area contributed by atoms with Crippen LogP contribution in [0, 0.1) is 5.21 Å². The van der Waals surface area contributed by atoms with E-state index in [-0.39, 0.29) is 17.4 Å². The molecular formula is C15H16ClF3N4O4S. The van der Waals surface area contributed by atoms with Crippen molar-refractivity contribution in [1.29, 1.82) is 0 Å². The maximum atomic E-state index is 12.4. The summed E-state index contributed by atoms with van der Waals surface area (Å²) in [5.74, 6) is -3.65. The number of hydrogen-bond acceptors (Lipinski definition) is 5. The average Bonchev–Trinajstić information content (AvgIpc) is 2.93. The van der Waals surface area contributed by atoms with Gasteiger partial charge in [0.2, 0.25) is 12.1 Å². The molecule has 8 nitrogen and oxygen atoms in total. The summed E-state index contributed by atoms with van der Waals surface area (Å²) in [5, 5.41) is 15.3. The number of nitrogens with zero attached hydrogens (tertiary/aromatic N) is 4. The van der Waals surface area contributed by atoms with Crippen LogP contribution in [0.2, 0.25) is 5.15 Å². The van der Waals surface area contributed by atoms with Gasteiger partial charge in [-0.1, -0.05) is 11.6 Å². The predicted octanol–water partition coefficient (Wildman–Crippen LogP) is 1.88. The first-order chi connectivity index (χ1) is 12.9. The van der Waals surface area contributed by atoms with Crippen LogP contribution in [0.3, 0.4) is 0 Å². The Balaban J connectivity index is 2.18. The first kappa shape index (κ1) is 22.0. The smallest absolute Gasteiger partial charge is 0.402 e. The van der Waals surface area contributed by atoms with Crippen LogP contribution in [0.25, 0.3) is 5.69 Å². The molecule has 0 spiro atoms. The Bertz CT molecular complexity index is 962. The molecule has 2 aromatic heterocycles. The van der Waals surface area contributed by atoms with Crippen molar-refractivity contribution in [3.05, 3.63) is 41.1 Å². The van der Waals surface area contributed by atoms with Crippen LogP contribution in [-0.2, 0) is 14.6 Å². The van der Waals surface area contributed by atoms with Gasteiger partial charge < -0.3 is 10.1 Å². The Morgan fingerprint density at radius 2 is 2.11 bits per heavy atom. The molecule has 0 saturated carbocycles. The molecule has 154 valence electrons. The highest BCUT2D eigenvalue weighted by atomic mass is 35.5. The van der Waals surface area contributed by atoms with Gasteiger partial charge in [0, 0.05) is 19.0 Å². The van der Waals surface area contributed by atoms with Crippen molar-refractivity contribution in [2.45, 2.75) is 19.5 Å². The van der Waals surface area contributed by atoms with Crippen LogP contribution in [0.5, 0.6) is 0 Å². The third kappa shape index (κ3) is 5.83. The molecule has 1 amide bonds. The quantitative estimate of drug-likeness (QED) is 0.483. The number of sulfone groups is 1. The van der Waals surface area contributed by atoms with E-state index in [0.29, 0.717) is 10.4 Å². The van der Waals surface area contributed by atoms with Crippen molar-refractivity contribution in [1.82, 2.24) is 9.78 Å². The summed E-state index contributed by atoms with van der Waals surface area (Å²) in [5.41, 5.74) is 0.505. The first-order valence-electron chi connectivity index (χ1n) is 7.94. The van der Waals surface area contributed by atoms with E-state index in [1.165, 1.54) is 29.3 Å². The van der Waals surface area contributed by atoms with Crippen molar-refractivity contribution < 1.29 is 31.1 Å².